The zero-order valence-electron chi connectivity index (χ0n) is 26.8. The summed E-state index contributed by atoms with van der Waals surface area (Å²) >= 11 is 0. The Bertz CT molecular complexity index is 1970. The number of rotatable bonds is 10. The van der Waals surface area contributed by atoms with Crippen LogP contribution in [0.2, 0.25) is 0 Å². The van der Waals surface area contributed by atoms with Gasteiger partial charge in [0.25, 0.3) is 0 Å². The van der Waals surface area contributed by atoms with Crippen LogP contribution in [0.4, 0.5) is 10.6 Å². The molecule has 5 aromatic rings. The topological polar surface area (TPSA) is 122 Å². The predicted octanol–water partition coefficient (Wildman–Crippen LogP) is 6.80. The zero-order chi connectivity index (χ0) is 32.5. The quantitative estimate of drug-likeness (QED) is 0.167. The summed E-state index contributed by atoms with van der Waals surface area (Å²) in [5.41, 5.74) is 12.1. The van der Waals surface area contributed by atoms with Crippen LogP contribution in [0.15, 0.2) is 66.9 Å². The van der Waals surface area contributed by atoms with E-state index in [1.54, 1.807) is 11.1 Å². The molecule has 2 aliphatic rings. The van der Waals surface area contributed by atoms with Gasteiger partial charge in [0, 0.05) is 35.6 Å². The van der Waals surface area contributed by atoms with Crippen LogP contribution in [0.1, 0.15) is 61.9 Å². The lowest BCUT2D eigenvalue weighted by Gasteiger charge is -2.16. The molecule has 1 aliphatic heterocycles. The van der Waals surface area contributed by atoms with Gasteiger partial charge in [-0.05, 0) is 85.4 Å². The molecule has 242 valence electrons. The maximum atomic E-state index is 12.6. The van der Waals surface area contributed by atoms with Gasteiger partial charge in [0.05, 0.1) is 31.2 Å². The number of nitrogen functional groups attached to an aromatic ring is 1. The Morgan fingerprint density at radius 3 is 2.57 bits per heavy atom. The Hall–Kier alpha value is -5.12. The van der Waals surface area contributed by atoms with Crippen molar-refractivity contribution < 1.29 is 23.8 Å². The third-order valence-electron chi connectivity index (χ3n) is 9.14. The van der Waals surface area contributed by atoms with Gasteiger partial charge in [-0.2, -0.15) is 5.10 Å². The summed E-state index contributed by atoms with van der Waals surface area (Å²) < 4.78 is 19.2. The Morgan fingerprint density at radius 2 is 1.77 bits per heavy atom. The number of aromatic nitrogens is 3. The molecular weight excluding hydrogens is 594 g/mol. The van der Waals surface area contributed by atoms with Crippen molar-refractivity contribution in [2.45, 2.75) is 58.1 Å². The van der Waals surface area contributed by atoms with Crippen molar-refractivity contribution in [1.29, 1.82) is 0 Å². The summed E-state index contributed by atoms with van der Waals surface area (Å²) in [4.78, 5) is 31.2. The van der Waals surface area contributed by atoms with Gasteiger partial charge in [0.2, 0.25) is 0 Å². The van der Waals surface area contributed by atoms with Crippen LogP contribution in [0.5, 0.6) is 5.75 Å². The molecule has 3 heterocycles. The Kier molecular flexibility index (Phi) is 8.41. The van der Waals surface area contributed by atoms with E-state index in [9.17, 15) is 9.59 Å². The average Bonchev–Trinajstić information content (AvgIpc) is 3.69. The number of fused-ring (bicyclic) bond motifs is 2. The minimum atomic E-state index is -0.299. The monoisotopic (exact) mass is 633 g/mol. The molecule has 0 bridgehead atoms. The number of nitrogens with two attached hydrogens (primary N) is 1. The van der Waals surface area contributed by atoms with Crippen LogP contribution >= 0.6 is 0 Å². The van der Waals surface area contributed by atoms with E-state index in [-0.39, 0.29) is 31.1 Å². The first-order valence-corrected chi connectivity index (χ1v) is 16.4. The van der Waals surface area contributed by atoms with E-state index in [1.807, 2.05) is 48.9 Å². The molecule has 0 spiro atoms. The number of pyridine rings is 1. The Balaban J connectivity index is 1.27. The smallest absolute Gasteiger partial charge is 0.409 e. The van der Waals surface area contributed by atoms with Crippen molar-refractivity contribution in [2.24, 2.45) is 0 Å². The van der Waals surface area contributed by atoms with Gasteiger partial charge in [0.15, 0.2) is 0 Å². The van der Waals surface area contributed by atoms with Crippen LogP contribution in [0.25, 0.3) is 32.8 Å². The molecule has 2 N–H and O–H groups in total. The molecule has 1 amide bonds. The number of nitrogens with zero attached hydrogens (tertiary/aromatic N) is 4. The number of benzene rings is 3. The minimum Gasteiger partial charge on any atom is -0.487 e. The highest BCUT2D eigenvalue weighted by molar-refractivity contribution is 6.02. The second-order valence-electron chi connectivity index (χ2n) is 12.2. The van der Waals surface area contributed by atoms with Gasteiger partial charge < -0.3 is 24.8 Å². The van der Waals surface area contributed by atoms with E-state index in [1.165, 1.54) is 0 Å². The number of carbonyl (C=O) groups excluding carboxylic acids is 2. The summed E-state index contributed by atoms with van der Waals surface area (Å²) in [7, 11) is 0. The highest BCUT2D eigenvalue weighted by Crippen LogP contribution is 2.44. The summed E-state index contributed by atoms with van der Waals surface area (Å²) in [6, 6.07) is 20.4. The normalized spacial score (nSPS) is 16.1. The number of anilines is 1. The maximum Gasteiger partial charge on any atom is 0.409 e. The van der Waals surface area contributed by atoms with Gasteiger partial charge in [-0.25, -0.2) is 9.78 Å². The number of esters is 1. The van der Waals surface area contributed by atoms with Crippen molar-refractivity contribution in [3.63, 3.8) is 0 Å². The van der Waals surface area contributed by atoms with E-state index in [2.05, 4.69) is 35.3 Å². The second-order valence-corrected chi connectivity index (χ2v) is 12.2. The van der Waals surface area contributed by atoms with Gasteiger partial charge in [-0.1, -0.05) is 36.4 Å². The summed E-state index contributed by atoms with van der Waals surface area (Å²) in [5.74, 6) is 1.35. The van der Waals surface area contributed by atoms with Gasteiger partial charge in [-0.15, -0.1) is 0 Å². The molecule has 1 atom stereocenters. The van der Waals surface area contributed by atoms with Crippen LogP contribution in [0, 0.1) is 0 Å². The van der Waals surface area contributed by atoms with E-state index < -0.39 is 0 Å². The maximum absolute atomic E-state index is 12.6. The van der Waals surface area contributed by atoms with Gasteiger partial charge >= 0.3 is 12.1 Å². The number of carbonyl (C=O) groups is 2. The van der Waals surface area contributed by atoms with Crippen molar-refractivity contribution >= 4 is 39.6 Å². The van der Waals surface area contributed by atoms with Crippen molar-refractivity contribution in [3.05, 3.63) is 83.7 Å². The molecule has 47 heavy (non-hydrogen) atoms. The fraction of sp³-hybridized carbons (Fsp3) is 0.351. The summed E-state index contributed by atoms with van der Waals surface area (Å²) in [6.45, 7) is 5.63. The average molecular weight is 634 g/mol. The molecule has 7 rings (SSSR count). The summed E-state index contributed by atoms with van der Waals surface area (Å²) in [5, 5.41) is 8.00. The first kappa shape index (κ1) is 30.5. The number of hydrogen-bond acceptors (Lipinski definition) is 8. The molecule has 3 aromatic carbocycles. The molecule has 1 saturated heterocycles. The third-order valence-corrected chi connectivity index (χ3v) is 9.14. The van der Waals surface area contributed by atoms with Crippen LogP contribution in [-0.2, 0) is 27.3 Å². The highest BCUT2D eigenvalue weighted by Gasteiger charge is 2.31. The molecule has 1 saturated carbocycles. The van der Waals surface area contributed by atoms with Crippen molar-refractivity contribution in [1.82, 2.24) is 19.7 Å². The summed E-state index contributed by atoms with van der Waals surface area (Å²) in [6.07, 6.45) is 4.58. The first-order chi connectivity index (χ1) is 22.9. The number of amides is 1. The van der Waals surface area contributed by atoms with Crippen molar-refractivity contribution in [2.75, 3.05) is 32.0 Å². The minimum absolute atomic E-state index is 0.0116. The van der Waals surface area contributed by atoms with Crippen LogP contribution < -0.4 is 10.5 Å². The SMILES string of the molecule is CCOC(=O)Cc1c(OCc2nn([C@H]3CCN(C(=O)OCC)C3)c3ccc(-c4cccc5c(N)nccc45)cc23)cccc1C1CC1. The van der Waals surface area contributed by atoms with E-state index in [4.69, 9.17) is 25.0 Å². The lowest BCUT2D eigenvalue weighted by atomic mass is 9.97. The second kappa shape index (κ2) is 12.9. The molecule has 1 aliphatic carbocycles. The number of ether oxygens (including phenoxy) is 3. The largest absolute Gasteiger partial charge is 0.487 e. The molecule has 10 nitrogen and oxygen atoms in total. The molecule has 0 unspecified atom stereocenters. The van der Waals surface area contributed by atoms with Crippen LogP contribution in [-0.4, -0.2) is 58.0 Å². The molecule has 10 heteroatoms. The number of likely N-dealkylation sites (tertiary alicyclic amines) is 1. The Morgan fingerprint density at radius 1 is 0.936 bits per heavy atom. The third kappa shape index (κ3) is 6.07. The predicted molar refractivity (Wildman–Crippen MR) is 180 cm³/mol. The van der Waals surface area contributed by atoms with Gasteiger partial charge in [0.1, 0.15) is 23.9 Å². The fourth-order valence-electron chi connectivity index (χ4n) is 6.75. The number of hydrogen-bond donors (Lipinski definition) is 1. The fourth-order valence-corrected chi connectivity index (χ4v) is 6.75. The van der Waals surface area contributed by atoms with E-state index in [0.717, 1.165) is 68.9 Å². The van der Waals surface area contributed by atoms with Crippen LogP contribution in [0.3, 0.4) is 0 Å². The zero-order valence-corrected chi connectivity index (χ0v) is 26.8. The molecular formula is C37H39N5O5. The van der Waals surface area contributed by atoms with Crippen molar-refractivity contribution in [3.8, 4) is 16.9 Å². The molecule has 0 radical (unpaired) electrons. The molecule has 2 aromatic heterocycles. The lowest BCUT2D eigenvalue weighted by Crippen LogP contribution is -2.29. The standard InChI is InChI=1S/C37H39N5O5/c1-3-45-35(43)20-30-26(23-11-12-23)8-6-10-34(30)47-22-32-31-19-24(27-7-5-9-29-28(27)15-17-39-36(29)38)13-14-33(31)42(40-32)25-16-18-41(21-25)37(44)46-4-2/h5-10,13-15,17,19,23,25H,3-4,11-12,16,18,20-22H2,1-2H3,(H2,38,39)/t25-/m0/s1. The van der Waals surface area contributed by atoms with Gasteiger partial charge in [-0.3, -0.25) is 9.48 Å². The lowest BCUT2D eigenvalue weighted by molar-refractivity contribution is -0.142. The van der Waals surface area contributed by atoms with E-state index in [0.29, 0.717) is 43.8 Å². The first-order valence-electron chi connectivity index (χ1n) is 16.4. The Labute approximate surface area is 273 Å². The molecule has 2 fully saturated rings. The van der Waals surface area contributed by atoms with E-state index >= 15 is 0 Å². The highest BCUT2D eigenvalue weighted by atomic mass is 16.6.